The van der Waals surface area contributed by atoms with Gasteiger partial charge in [-0.1, -0.05) is 35.9 Å². The van der Waals surface area contributed by atoms with Crippen LogP contribution in [0.25, 0.3) is 16.8 Å². The van der Waals surface area contributed by atoms with Crippen LogP contribution in [-0.4, -0.2) is 17.6 Å². The molecule has 0 bridgehead atoms. The van der Waals surface area contributed by atoms with Crippen LogP contribution in [0, 0.1) is 11.3 Å². The largest absolute Gasteiger partial charge is 0.462 e. The molecule has 2 aromatic carbocycles. The smallest absolute Gasteiger partial charge is 0.340 e. The van der Waals surface area contributed by atoms with E-state index in [1.54, 1.807) is 49.5 Å². The maximum atomic E-state index is 12.1. The van der Waals surface area contributed by atoms with E-state index in [2.05, 4.69) is 16.4 Å². The van der Waals surface area contributed by atoms with E-state index >= 15 is 0 Å². The Morgan fingerprint density at radius 1 is 1.29 bits per heavy atom. The summed E-state index contributed by atoms with van der Waals surface area (Å²) in [4.78, 5) is 16.6. The lowest BCUT2D eigenvalue weighted by Crippen LogP contribution is -2.07. The Morgan fingerprint density at radius 3 is 2.75 bits per heavy atom. The molecule has 0 radical (unpaired) electrons. The van der Waals surface area contributed by atoms with E-state index in [1.807, 2.05) is 17.5 Å². The number of benzene rings is 2. The summed E-state index contributed by atoms with van der Waals surface area (Å²) in [6.07, 6.45) is 1.54. The van der Waals surface area contributed by atoms with Gasteiger partial charge in [0.25, 0.3) is 0 Å². The van der Waals surface area contributed by atoms with Gasteiger partial charge in [0.1, 0.15) is 16.6 Å². The van der Waals surface area contributed by atoms with Gasteiger partial charge in [0, 0.05) is 22.2 Å². The minimum atomic E-state index is -0.420. The number of thiazole rings is 1. The molecule has 1 N–H and O–H groups in total. The standard InChI is InChI=1S/C21H16ClN3O2S/c1-2-27-21(26)17-5-3-4-6-18(17)24-12-15(11-23)20-25-19(13-28-20)14-7-9-16(22)10-8-14/h3-10,12-13,24H,2H2,1H3/b15-12+. The minimum absolute atomic E-state index is 0.291. The van der Waals surface area contributed by atoms with E-state index in [9.17, 15) is 10.1 Å². The normalized spacial score (nSPS) is 11.0. The van der Waals surface area contributed by atoms with Crippen LogP contribution in [0.3, 0.4) is 0 Å². The van der Waals surface area contributed by atoms with Gasteiger partial charge < -0.3 is 10.1 Å². The lowest BCUT2D eigenvalue weighted by molar-refractivity contribution is 0.0527. The lowest BCUT2D eigenvalue weighted by Gasteiger charge is -2.08. The molecule has 0 saturated carbocycles. The third-order valence-corrected chi connectivity index (χ3v) is 4.92. The first-order valence-electron chi connectivity index (χ1n) is 8.47. The van der Waals surface area contributed by atoms with Crippen LogP contribution < -0.4 is 5.32 Å². The van der Waals surface area contributed by atoms with Gasteiger partial charge in [-0.05, 0) is 31.2 Å². The van der Waals surface area contributed by atoms with Crippen LogP contribution in [0.5, 0.6) is 0 Å². The van der Waals surface area contributed by atoms with Gasteiger partial charge in [-0.15, -0.1) is 11.3 Å². The first kappa shape index (κ1) is 19.6. The van der Waals surface area contributed by atoms with E-state index in [-0.39, 0.29) is 0 Å². The first-order chi connectivity index (χ1) is 13.6. The number of carbonyl (C=O) groups excluding carboxylic acids is 1. The highest BCUT2D eigenvalue weighted by atomic mass is 35.5. The summed E-state index contributed by atoms with van der Waals surface area (Å²) in [7, 11) is 0. The van der Waals surface area contributed by atoms with Crippen LogP contribution in [0.15, 0.2) is 60.1 Å². The average molecular weight is 410 g/mol. The van der Waals surface area contributed by atoms with Crippen LogP contribution in [-0.2, 0) is 4.74 Å². The van der Waals surface area contributed by atoms with Crippen LogP contribution >= 0.6 is 22.9 Å². The Labute approximate surface area is 171 Å². The summed E-state index contributed by atoms with van der Waals surface area (Å²) >= 11 is 7.29. The number of nitrogens with zero attached hydrogens (tertiary/aromatic N) is 2. The van der Waals surface area contributed by atoms with Gasteiger partial charge in [-0.25, -0.2) is 9.78 Å². The SMILES string of the molecule is CCOC(=O)c1ccccc1N/C=C(\C#N)c1nc(-c2ccc(Cl)cc2)cs1. The van der Waals surface area contributed by atoms with Crippen LogP contribution in [0.2, 0.25) is 5.02 Å². The Morgan fingerprint density at radius 2 is 2.04 bits per heavy atom. The topological polar surface area (TPSA) is 75.0 Å². The summed E-state index contributed by atoms with van der Waals surface area (Å²) in [5.74, 6) is -0.420. The third kappa shape index (κ3) is 4.58. The van der Waals surface area contributed by atoms with Gasteiger partial charge in [0.2, 0.25) is 0 Å². The number of ether oxygens (including phenoxy) is 1. The fourth-order valence-electron chi connectivity index (χ4n) is 2.44. The summed E-state index contributed by atoms with van der Waals surface area (Å²) in [6.45, 7) is 2.04. The van der Waals surface area contributed by atoms with E-state index in [4.69, 9.17) is 16.3 Å². The first-order valence-corrected chi connectivity index (χ1v) is 9.73. The fraction of sp³-hybridized carbons (Fsp3) is 0.0952. The van der Waals surface area contributed by atoms with Gasteiger partial charge in [-0.3, -0.25) is 0 Å². The van der Waals surface area contributed by atoms with Crippen molar-refractivity contribution in [2.75, 3.05) is 11.9 Å². The number of aromatic nitrogens is 1. The Balaban J connectivity index is 1.83. The number of hydrogen-bond acceptors (Lipinski definition) is 6. The number of halogens is 1. The quantitative estimate of drug-likeness (QED) is 0.422. The molecule has 0 amide bonds. The molecule has 3 rings (SSSR count). The Hall–Kier alpha value is -3.14. The summed E-state index contributed by atoms with van der Waals surface area (Å²) in [5.41, 5.74) is 3.01. The van der Waals surface area contributed by atoms with Crippen molar-refractivity contribution in [2.45, 2.75) is 6.92 Å². The van der Waals surface area contributed by atoms with E-state index in [1.165, 1.54) is 11.3 Å². The molecule has 0 fully saturated rings. The van der Waals surface area contributed by atoms with Gasteiger partial charge in [-0.2, -0.15) is 5.26 Å². The molecule has 5 nitrogen and oxygen atoms in total. The molecule has 1 aromatic heterocycles. The molecule has 0 aliphatic rings. The average Bonchev–Trinajstić information content (AvgIpc) is 3.19. The van der Waals surface area contributed by atoms with Crippen molar-refractivity contribution in [1.82, 2.24) is 4.98 Å². The Bertz CT molecular complexity index is 1050. The van der Waals surface area contributed by atoms with Crippen LogP contribution in [0.1, 0.15) is 22.3 Å². The number of allylic oxidation sites excluding steroid dienone is 1. The maximum Gasteiger partial charge on any atom is 0.340 e. The zero-order chi connectivity index (χ0) is 19.9. The molecule has 0 unspecified atom stereocenters. The van der Waals surface area contributed by atoms with Gasteiger partial charge in [0.05, 0.1) is 23.6 Å². The number of nitriles is 1. The fourth-order valence-corrected chi connectivity index (χ4v) is 3.36. The van der Waals surface area contributed by atoms with Crippen molar-refractivity contribution in [3.05, 3.63) is 75.7 Å². The van der Waals surface area contributed by atoms with E-state index in [0.29, 0.717) is 33.5 Å². The number of hydrogen-bond donors (Lipinski definition) is 1. The zero-order valence-corrected chi connectivity index (χ0v) is 16.6. The monoisotopic (exact) mass is 409 g/mol. The molecule has 0 saturated heterocycles. The van der Waals surface area contributed by atoms with Crippen molar-refractivity contribution < 1.29 is 9.53 Å². The molecule has 0 spiro atoms. The maximum absolute atomic E-state index is 12.1. The molecule has 0 aliphatic carbocycles. The highest BCUT2D eigenvalue weighted by Gasteiger charge is 2.12. The minimum Gasteiger partial charge on any atom is -0.462 e. The molecule has 3 aromatic rings. The highest BCUT2D eigenvalue weighted by molar-refractivity contribution is 7.11. The molecular formula is C21H16ClN3O2S. The predicted octanol–water partition coefficient (Wildman–Crippen LogP) is 5.62. The molecule has 1 heterocycles. The zero-order valence-electron chi connectivity index (χ0n) is 15.0. The Kier molecular flexibility index (Phi) is 6.43. The van der Waals surface area contributed by atoms with Gasteiger partial charge >= 0.3 is 5.97 Å². The number of nitrogens with one attached hydrogen (secondary N) is 1. The molecular weight excluding hydrogens is 394 g/mol. The molecule has 0 aliphatic heterocycles. The number of carbonyl (C=O) groups is 1. The second kappa shape index (κ2) is 9.18. The second-order valence-electron chi connectivity index (χ2n) is 5.62. The number of para-hydroxylation sites is 1. The number of anilines is 1. The van der Waals surface area contributed by atoms with Crippen molar-refractivity contribution in [2.24, 2.45) is 0 Å². The van der Waals surface area contributed by atoms with E-state index in [0.717, 1.165) is 11.3 Å². The van der Waals surface area contributed by atoms with Crippen molar-refractivity contribution >= 4 is 40.2 Å². The predicted molar refractivity (Wildman–Crippen MR) is 112 cm³/mol. The summed E-state index contributed by atoms with van der Waals surface area (Å²) < 4.78 is 5.06. The third-order valence-electron chi connectivity index (χ3n) is 3.79. The molecule has 140 valence electrons. The van der Waals surface area contributed by atoms with Gasteiger partial charge in [0.15, 0.2) is 0 Å². The molecule has 0 atom stereocenters. The molecule has 7 heteroatoms. The van der Waals surface area contributed by atoms with Crippen molar-refractivity contribution in [1.29, 1.82) is 5.26 Å². The molecule has 28 heavy (non-hydrogen) atoms. The second-order valence-corrected chi connectivity index (χ2v) is 6.92. The van der Waals surface area contributed by atoms with E-state index < -0.39 is 5.97 Å². The van der Waals surface area contributed by atoms with Crippen molar-refractivity contribution in [3.8, 4) is 17.3 Å². The highest BCUT2D eigenvalue weighted by Crippen LogP contribution is 2.27. The lowest BCUT2D eigenvalue weighted by atomic mass is 10.1. The van der Waals surface area contributed by atoms with Crippen LogP contribution in [0.4, 0.5) is 5.69 Å². The summed E-state index contributed by atoms with van der Waals surface area (Å²) in [5, 5.41) is 15.7. The van der Waals surface area contributed by atoms with Crippen molar-refractivity contribution in [3.63, 3.8) is 0 Å². The number of esters is 1. The summed E-state index contributed by atoms with van der Waals surface area (Å²) in [6, 6.07) is 16.5. The number of rotatable bonds is 6.